The van der Waals surface area contributed by atoms with Crippen LogP contribution in [0.1, 0.15) is 18.4 Å². The Kier molecular flexibility index (Phi) is 1.96. The number of phenolic OH excluding ortho intramolecular Hbond substituents is 1. The first kappa shape index (κ1) is 9.40. The summed E-state index contributed by atoms with van der Waals surface area (Å²) in [6, 6.07) is 1.67. The smallest absolute Gasteiger partial charge is 0.133 e. The fourth-order valence-electron chi connectivity index (χ4n) is 1.45. The monoisotopic (exact) mass is 199 g/mol. The summed E-state index contributed by atoms with van der Waals surface area (Å²) in [5, 5.41) is 9.33. The first-order valence-electron chi connectivity index (χ1n) is 4.46. The lowest BCUT2D eigenvalue weighted by atomic mass is 10.0. The Balaban J connectivity index is 2.32. The molecule has 0 saturated heterocycles. The maximum absolute atomic E-state index is 13.2. The van der Waals surface area contributed by atoms with E-state index in [0.29, 0.717) is 0 Å². The van der Waals surface area contributed by atoms with Gasteiger partial charge in [-0.3, -0.25) is 0 Å². The molecule has 1 saturated carbocycles. The molecule has 0 unspecified atom stereocenters. The van der Waals surface area contributed by atoms with Crippen molar-refractivity contribution in [2.75, 3.05) is 0 Å². The topological polar surface area (TPSA) is 46.2 Å². The van der Waals surface area contributed by atoms with Gasteiger partial charge in [0.2, 0.25) is 0 Å². The molecule has 14 heavy (non-hydrogen) atoms. The van der Waals surface area contributed by atoms with E-state index >= 15 is 0 Å². The zero-order chi connectivity index (χ0) is 10.3. The summed E-state index contributed by atoms with van der Waals surface area (Å²) >= 11 is 0. The number of hydrogen-bond donors (Lipinski definition) is 2. The van der Waals surface area contributed by atoms with Crippen LogP contribution in [0.5, 0.6) is 5.75 Å². The van der Waals surface area contributed by atoms with Crippen LogP contribution >= 0.6 is 0 Å². The maximum atomic E-state index is 13.2. The van der Waals surface area contributed by atoms with Crippen molar-refractivity contribution in [3.63, 3.8) is 0 Å². The van der Waals surface area contributed by atoms with Gasteiger partial charge in [-0.05, 0) is 19.3 Å². The number of halogens is 2. The lowest BCUT2D eigenvalue weighted by molar-refractivity contribution is 0.443. The highest BCUT2D eigenvalue weighted by Crippen LogP contribution is 2.38. The molecule has 0 atom stereocenters. The quantitative estimate of drug-likeness (QED) is 0.761. The van der Waals surface area contributed by atoms with E-state index in [-0.39, 0.29) is 17.7 Å². The van der Waals surface area contributed by atoms with Gasteiger partial charge in [-0.2, -0.15) is 0 Å². The second kappa shape index (κ2) is 2.92. The molecule has 2 nitrogen and oxygen atoms in total. The van der Waals surface area contributed by atoms with E-state index < -0.39 is 17.2 Å². The van der Waals surface area contributed by atoms with E-state index in [2.05, 4.69) is 0 Å². The molecule has 0 heterocycles. The van der Waals surface area contributed by atoms with Gasteiger partial charge < -0.3 is 10.8 Å². The molecule has 0 spiro atoms. The minimum Gasteiger partial charge on any atom is -0.507 e. The fourth-order valence-corrected chi connectivity index (χ4v) is 1.45. The minimum absolute atomic E-state index is 0.117. The van der Waals surface area contributed by atoms with Crippen molar-refractivity contribution in [3.05, 3.63) is 29.3 Å². The molecule has 76 valence electrons. The van der Waals surface area contributed by atoms with Crippen LogP contribution in [-0.2, 0) is 6.42 Å². The number of nitrogens with two attached hydrogens (primary N) is 1. The predicted octanol–water partition coefficient (Wildman–Crippen LogP) is 1.70. The van der Waals surface area contributed by atoms with E-state index in [1.165, 1.54) is 0 Å². The Morgan fingerprint density at radius 3 is 2.50 bits per heavy atom. The molecule has 0 aliphatic heterocycles. The first-order valence-corrected chi connectivity index (χ1v) is 4.46. The molecule has 2 rings (SSSR count). The fraction of sp³-hybridized carbons (Fsp3) is 0.400. The largest absolute Gasteiger partial charge is 0.507 e. The van der Waals surface area contributed by atoms with Gasteiger partial charge in [-0.1, -0.05) is 0 Å². The van der Waals surface area contributed by atoms with Crippen LogP contribution < -0.4 is 5.73 Å². The van der Waals surface area contributed by atoms with Crippen LogP contribution in [0.3, 0.4) is 0 Å². The summed E-state index contributed by atoms with van der Waals surface area (Å²) in [5.41, 5.74) is 5.51. The van der Waals surface area contributed by atoms with Crippen molar-refractivity contribution >= 4 is 0 Å². The number of benzene rings is 1. The SMILES string of the molecule is NC1(Cc2c(O)cc(F)cc2F)CC1. The number of aromatic hydroxyl groups is 1. The van der Waals surface area contributed by atoms with Gasteiger partial charge in [-0.15, -0.1) is 0 Å². The predicted molar refractivity (Wildman–Crippen MR) is 47.9 cm³/mol. The molecule has 0 aromatic heterocycles. The Morgan fingerprint density at radius 2 is 2.00 bits per heavy atom. The van der Waals surface area contributed by atoms with Crippen LogP contribution in [0.15, 0.2) is 12.1 Å². The van der Waals surface area contributed by atoms with Crippen molar-refractivity contribution in [2.24, 2.45) is 5.73 Å². The number of hydrogen-bond acceptors (Lipinski definition) is 2. The summed E-state index contributed by atoms with van der Waals surface area (Å²) < 4.78 is 25.8. The summed E-state index contributed by atoms with van der Waals surface area (Å²) in [6.07, 6.45) is 1.91. The zero-order valence-corrected chi connectivity index (χ0v) is 7.56. The molecule has 4 heteroatoms. The van der Waals surface area contributed by atoms with Gasteiger partial charge >= 0.3 is 0 Å². The molecule has 0 amide bonds. The van der Waals surface area contributed by atoms with Crippen molar-refractivity contribution in [1.29, 1.82) is 0 Å². The molecule has 1 aliphatic carbocycles. The second-order valence-electron chi connectivity index (χ2n) is 3.92. The molecule has 3 N–H and O–H groups in total. The highest BCUT2D eigenvalue weighted by molar-refractivity contribution is 5.36. The Morgan fingerprint density at radius 1 is 1.36 bits per heavy atom. The normalized spacial score (nSPS) is 18.2. The van der Waals surface area contributed by atoms with Gasteiger partial charge in [0.1, 0.15) is 17.4 Å². The van der Waals surface area contributed by atoms with Crippen molar-refractivity contribution in [3.8, 4) is 5.75 Å². The first-order chi connectivity index (χ1) is 6.50. The third-order valence-electron chi connectivity index (χ3n) is 2.56. The van der Waals surface area contributed by atoms with Crippen LogP contribution in [-0.4, -0.2) is 10.6 Å². The standard InChI is InChI=1S/C10H11F2NO/c11-6-3-8(12)7(9(14)4-6)5-10(13)1-2-10/h3-4,14H,1-2,5,13H2. The number of rotatable bonds is 2. The summed E-state index contributed by atoms with van der Waals surface area (Å²) in [6.45, 7) is 0. The van der Waals surface area contributed by atoms with E-state index in [1.807, 2.05) is 0 Å². The van der Waals surface area contributed by atoms with Crippen LogP contribution in [0.25, 0.3) is 0 Å². The number of phenols is 1. The summed E-state index contributed by atoms with van der Waals surface area (Å²) in [4.78, 5) is 0. The lowest BCUT2D eigenvalue weighted by Crippen LogP contribution is -2.25. The van der Waals surface area contributed by atoms with Crippen LogP contribution in [0.4, 0.5) is 8.78 Å². The molecular formula is C10H11F2NO. The molecule has 0 bridgehead atoms. The highest BCUT2D eigenvalue weighted by atomic mass is 19.1. The van der Waals surface area contributed by atoms with Crippen LogP contribution in [0, 0.1) is 11.6 Å². The van der Waals surface area contributed by atoms with E-state index in [1.54, 1.807) is 0 Å². The van der Waals surface area contributed by atoms with Crippen LogP contribution in [0.2, 0.25) is 0 Å². The molecular weight excluding hydrogens is 188 g/mol. The second-order valence-corrected chi connectivity index (χ2v) is 3.92. The van der Waals surface area contributed by atoms with Gasteiger partial charge in [-0.25, -0.2) is 8.78 Å². The third-order valence-corrected chi connectivity index (χ3v) is 2.56. The molecule has 1 aromatic rings. The Hall–Kier alpha value is -1.16. The van der Waals surface area contributed by atoms with Gasteiger partial charge in [0.05, 0.1) is 0 Å². The van der Waals surface area contributed by atoms with E-state index in [0.717, 1.165) is 25.0 Å². The van der Waals surface area contributed by atoms with Crippen molar-refractivity contribution in [1.82, 2.24) is 0 Å². The lowest BCUT2D eigenvalue weighted by Gasteiger charge is -2.11. The Bertz CT molecular complexity index is 351. The molecule has 1 aliphatic rings. The highest BCUT2D eigenvalue weighted by Gasteiger charge is 2.39. The summed E-state index contributed by atoms with van der Waals surface area (Å²) in [7, 11) is 0. The molecule has 1 fully saturated rings. The summed E-state index contributed by atoms with van der Waals surface area (Å²) in [5.74, 6) is -1.84. The Labute approximate surface area is 80.4 Å². The third kappa shape index (κ3) is 1.70. The maximum Gasteiger partial charge on any atom is 0.133 e. The van der Waals surface area contributed by atoms with E-state index in [9.17, 15) is 13.9 Å². The van der Waals surface area contributed by atoms with E-state index in [4.69, 9.17) is 5.73 Å². The molecule has 0 radical (unpaired) electrons. The van der Waals surface area contributed by atoms with Gasteiger partial charge in [0.25, 0.3) is 0 Å². The van der Waals surface area contributed by atoms with Gasteiger partial charge in [0.15, 0.2) is 0 Å². The average Bonchev–Trinajstić information content (AvgIpc) is 2.77. The average molecular weight is 199 g/mol. The minimum atomic E-state index is -0.773. The zero-order valence-electron chi connectivity index (χ0n) is 7.56. The van der Waals surface area contributed by atoms with Gasteiger partial charge in [0, 0.05) is 23.2 Å². The van der Waals surface area contributed by atoms with Crippen molar-refractivity contribution < 1.29 is 13.9 Å². The molecule has 1 aromatic carbocycles. The van der Waals surface area contributed by atoms with Crippen molar-refractivity contribution in [2.45, 2.75) is 24.8 Å².